The minimum atomic E-state index is 0.398. The molecule has 3 aliphatic heterocycles. The fourth-order valence-electron chi connectivity index (χ4n) is 8.56. The third-order valence-electron chi connectivity index (χ3n) is 10.0. The number of rotatable bonds is 2. The second kappa shape index (κ2) is 7.81. The molecule has 3 nitrogen and oxygen atoms in total. The summed E-state index contributed by atoms with van der Waals surface area (Å²) in [6, 6.07) is 12.3. The summed E-state index contributed by atoms with van der Waals surface area (Å²) in [7, 11) is 2.34. The predicted octanol–water partition coefficient (Wildman–Crippen LogP) is 4.88. The molecule has 6 rings (SSSR count). The van der Waals surface area contributed by atoms with Crippen LogP contribution in [0.25, 0.3) is 0 Å². The van der Waals surface area contributed by atoms with Crippen molar-refractivity contribution < 1.29 is 0 Å². The molecule has 5 fully saturated rings. The number of anilines is 1. The van der Waals surface area contributed by atoms with Crippen LogP contribution in [0, 0.1) is 23.7 Å². The van der Waals surface area contributed by atoms with Crippen molar-refractivity contribution in [2.24, 2.45) is 23.7 Å². The van der Waals surface area contributed by atoms with Crippen molar-refractivity contribution in [2.45, 2.75) is 69.4 Å². The zero-order valence-electron chi connectivity index (χ0n) is 19.0. The van der Waals surface area contributed by atoms with Crippen LogP contribution >= 0.6 is 0 Å². The summed E-state index contributed by atoms with van der Waals surface area (Å²) in [6.07, 6.45) is 13.3. The molecule has 5 aliphatic rings. The summed E-state index contributed by atoms with van der Waals surface area (Å²) in [5.41, 5.74) is 1.88. The van der Waals surface area contributed by atoms with E-state index in [1.165, 1.54) is 96.2 Å². The first kappa shape index (κ1) is 19.6. The number of hydrogen-bond acceptors (Lipinski definition) is 3. The summed E-state index contributed by atoms with van der Waals surface area (Å²) in [5.74, 6) is 3.84. The lowest BCUT2D eigenvalue weighted by atomic mass is 9.68. The molecular weight excluding hydrogens is 366 g/mol. The molecule has 2 saturated carbocycles. The SMILES string of the molecule is CN1C[C@@H]2CN(c3ccccc3)C3(CCN([C@H]4CC[C@@H]5CCCC[C@@H]5C4)CC3)[C@@H]2C1. The molecule has 0 radical (unpaired) electrons. The Bertz CT molecular complexity index is 725. The Morgan fingerprint density at radius 3 is 2.37 bits per heavy atom. The van der Waals surface area contributed by atoms with Gasteiger partial charge in [-0.15, -0.1) is 0 Å². The Balaban J connectivity index is 1.19. The van der Waals surface area contributed by atoms with E-state index in [1.54, 1.807) is 0 Å². The molecule has 1 spiro atoms. The van der Waals surface area contributed by atoms with Crippen molar-refractivity contribution in [3.05, 3.63) is 30.3 Å². The van der Waals surface area contributed by atoms with Gasteiger partial charge in [-0.05, 0) is 69.0 Å². The van der Waals surface area contributed by atoms with Gasteiger partial charge in [0.25, 0.3) is 0 Å². The number of piperidine rings is 1. The fourth-order valence-corrected chi connectivity index (χ4v) is 8.56. The van der Waals surface area contributed by atoms with Gasteiger partial charge in [0.1, 0.15) is 0 Å². The maximum atomic E-state index is 2.94. The number of hydrogen-bond donors (Lipinski definition) is 0. The van der Waals surface area contributed by atoms with E-state index in [4.69, 9.17) is 0 Å². The molecule has 2 aliphatic carbocycles. The number of nitrogens with zero attached hydrogens (tertiary/aromatic N) is 3. The van der Waals surface area contributed by atoms with Gasteiger partial charge in [-0.2, -0.15) is 0 Å². The average molecular weight is 408 g/mol. The molecule has 0 amide bonds. The van der Waals surface area contributed by atoms with Gasteiger partial charge >= 0.3 is 0 Å². The van der Waals surface area contributed by atoms with Crippen LogP contribution in [0.3, 0.4) is 0 Å². The maximum Gasteiger partial charge on any atom is 0.0470 e. The molecular formula is C27H41N3. The lowest BCUT2D eigenvalue weighted by molar-refractivity contribution is 0.0383. The van der Waals surface area contributed by atoms with Crippen molar-refractivity contribution >= 4 is 5.69 Å². The van der Waals surface area contributed by atoms with Gasteiger partial charge < -0.3 is 14.7 Å². The maximum absolute atomic E-state index is 2.94. The molecule has 3 saturated heterocycles. The van der Waals surface area contributed by atoms with E-state index in [0.29, 0.717) is 5.54 Å². The van der Waals surface area contributed by atoms with E-state index < -0.39 is 0 Å². The van der Waals surface area contributed by atoms with Crippen LogP contribution in [-0.2, 0) is 0 Å². The van der Waals surface area contributed by atoms with E-state index >= 15 is 0 Å². The number of likely N-dealkylation sites (tertiary alicyclic amines) is 2. The normalized spacial score (nSPS) is 39.2. The standard InChI is InChI=1S/C27H41N3/c1-28-18-23-19-30(24-9-3-2-4-10-24)27(26(23)20-28)13-15-29(16-14-27)25-12-11-21-7-5-6-8-22(21)17-25/h2-4,9-10,21-23,25-26H,5-8,11-20H2,1H3/t21-,22+,23+,25-,26+/m0/s1. The minimum Gasteiger partial charge on any atom is -0.365 e. The van der Waals surface area contributed by atoms with Crippen LogP contribution in [0.2, 0.25) is 0 Å². The van der Waals surface area contributed by atoms with Crippen LogP contribution in [0.5, 0.6) is 0 Å². The van der Waals surface area contributed by atoms with Crippen molar-refractivity contribution in [2.75, 3.05) is 44.7 Å². The molecule has 5 atom stereocenters. The zero-order valence-corrected chi connectivity index (χ0v) is 19.0. The second-order valence-corrected chi connectivity index (χ2v) is 11.4. The van der Waals surface area contributed by atoms with E-state index in [0.717, 1.165) is 29.7 Å². The van der Waals surface area contributed by atoms with Crippen LogP contribution in [0.1, 0.15) is 57.8 Å². The highest BCUT2D eigenvalue weighted by atomic mass is 15.3. The highest BCUT2D eigenvalue weighted by molar-refractivity contribution is 5.52. The van der Waals surface area contributed by atoms with Gasteiger partial charge in [0.15, 0.2) is 0 Å². The summed E-state index contributed by atoms with van der Waals surface area (Å²) in [4.78, 5) is 8.41. The fraction of sp³-hybridized carbons (Fsp3) is 0.778. The zero-order chi connectivity index (χ0) is 20.1. The second-order valence-electron chi connectivity index (χ2n) is 11.4. The first-order valence-electron chi connectivity index (χ1n) is 13.0. The topological polar surface area (TPSA) is 9.72 Å². The van der Waals surface area contributed by atoms with E-state index in [1.807, 2.05) is 0 Å². The molecule has 0 bridgehead atoms. The number of benzene rings is 1. The minimum absolute atomic E-state index is 0.398. The lowest BCUT2D eigenvalue weighted by Crippen LogP contribution is -2.58. The van der Waals surface area contributed by atoms with Crippen molar-refractivity contribution in [3.63, 3.8) is 0 Å². The van der Waals surface area contributed by atoms with E-state index in [2.05, 4.69) is 52.1 Å². The molecule has 3 heteroatoms. The van der Waals surface area contributed by atoms with E-state index in [-0.39, 0.29) is 0 Å². The quantitative estimate of drug-likeness (QED) is 0.692. The van der Waals surface area contributed by atoms with Crippen molar-refractivity contribution in [1.82, 2.24) is 9.80 Å². The van der Waals surface area contributed by atoms with Crippen LogP contribution in [-0.4, -0.2) is 61.2 Å². The Labute approximate surface area is 183 Å². The summed E-state index contributed by atoms with van der Waals surface area (Å²) in [5, 5.41) is 0. The van der Waals surface area contributed by atoms with E-state index in [9.17, 15) is 0 Å². The molecule has 1 aromatic rings. The van der Waals surface area contributed by atoms with Crippen molar-refractivity contribution in [1.29, 1.82) is 0 Å². The molecule has 0 N–H and O–H groups in total. The molecule has 164 valence electrons. The number of para-hydroxylation sites is 1. The van der Waals surface area contributed by atoms with Gasteiger partial charge in [0.05, 0.1) is 0 Å². The Morgan fingerprint density at radius 1 is 0.800 bits per heavy atom. The Hall–Kier alpha value is -1.06. The van der Waals surface area contributed by atoms with Gasteiger partial charge in [0, 0.05) is 55.9 Å². The third-order valence-corrected chi connectivity index (χ3v) is 10.0. The molecule has 30 heavy (non-hydrogen) atoms. The van der Waals surface area contributed by atoms with Crippen LogP contribution in [0.4, 0.5) is 5.69 Å². The average Bonchev–Trinajstić information content (AvgIpc) is 3.30. The monoisotopic (exact) mass is 407 g/mol. The van der Waals surface area contributed by atoms with Gasteiger partial charge in [0.2, 0.25) is 0 Å². The molecule has 1 aromatic carbocycles. The van der Waals surface area contributed by atoms with Gasteiger partial charge in [-0.3, -0.25) is 0 Å². The first-order chi connectivity index (χ1) is 14.7. The highest BCUT2D eigenvalue weighted by Gasteiger charge is 2.57. The Morgan fingerprint density at radius 2 is 1.57 bits per heavy atom. The van der Waals surface area contributed by atoms with Crippen LogP contribution in [0.15, 0.2) is 30.3 Å². The largest absolute Gasteiger partial charge is 0.365 e. The summed E-state index contributed by atoms with van der Waals surface area (Å²) in [6.45, 7) is 6.54. The number of fused-ring (bicyclic) bond motifs is 3. The summed E-state index contributed by atoms with van der Waals surface area (Å²) < 4.78 is 0. The van der Waals surface area contributed by atoms with Crippen LogP contribution < -0.4 is 4.90 Å². The molecule has 0 unspecified atom stereocenters. The molecule has 0 aromatic heterocycles. The van der Waals surface area contributed by atoms with Gasteiger partial charge in [-0.1, -0.05) is 43.9 Å². The molecule has 3 heterocycles. The lowest BCUT2D eigenvalue weighted by Gasteiger charge is -2.52. The Kier molecular flexibility index (Phi) is 5.11. The summed E-state index contributed by atoms with van der Waals surface area (Å²) >= 11 is 0. The third kappa shape index (κ3) is 3.23. The van der Waals surface area contributed by atoms with Gasteiger partial charge in [-0.25, -0.2) is 0 Å². The smallest absolute Gasteiger partial charge is 0.0470 e. The highest BCUT2D eigenvalue weighted by Crippen LogP contribution is 2.51. The predicted molar refractivity (Wildman–Crippen MR) is 125 cm³/mol. The first-order valence-corrected chi connectivity index (χ1v) is 13.0. The van der Waals surface area contributed by atoms with Crippen molar-refractivity contribution in [3.8, 4) is 0 Å².